The number of rotatable bonds is 7. The van der Waals surface area contributed by atoms with Gasteiger partial charge >= 0.3 is 11.9 Å². The normalized spacial score (nSPS) is 39.9. The molecule has 3 atom stereocenters. The standard InChI is InChI=1S/C21H34O4/c1-5-7-21(25-18(22)13-24-19(23)14(3)6-2)16-8-15-9-17(21)12-20(4,10-15)11-16/h14-17H,5-13H2,1-4H3. The first-order valence-electron chi connectivity index (χ1n) is 10.2. The second kappa shape index (κ2) is 6.92. The van der Waals surface area contributed by atoms with Crippen molar-refractivity contribution in [1.82, 2.24) is 0 Å². The first kappa shape index (κ1) is 18.7. The Bertz CT molecular complexity index is 510. The summed E-state index contributed by atoms with van der Waals surface area (Å²) in [5.74, 6) is 0.952. The van der Waals surface area contributed by atoms with Crippen LogP contribution in [0.5, 0.6) is 0 Å². The fourth-order valence-electron chi connectivity index (χ4n) is 6.15. The Morgan fingerprint density at radius 1 is 1.12 bits per heavy atom. The fraction of sp³-hybridized carbons (Fsp3) is 0.905. The maximum Gasteiger partial charge on any atom is 0.344 e. The molecule has 0 aromatic heterocycles. The number of hydrogen-bond donors (Lipinski definition) is 0. The van der Waals surface area contributed by atoms with E-state index in [1.807, 2.05) is 13.8 Å². The van der Waals surface area contributed by atoms with Gasteiger partial charge in [-0.15, -0.1) is 0 Å². The second-order valence-corrected chi connectivity index (χ2v) is 9.25. The van der Waals surface area contributed by atoms with Crippen LogP contribution in [0.4, 0.5) is 0 Å². The third-order valence-electron chi connectivity index (χ3n) is 7.17. The van der Waals surface area contributed by atoms with Gasteiger partial charge in [-0.25, -0.2) is 4.79 Å². The summed E-state index contributed by atoms with van der Waals surface area (Å²) in [4.78, 5) is 24.3. The number of carbonyl (C=O) groups is 2. The van der Waals surface area contributed by atoms with E-state index in [2.05, 4.69) is 13.8 Å². The lowest BCUT2D eigenvalue weighted by atomic mass is 9.44. The summed E-state index contributed by atoms with van der Waals surface area (Å²) < 4.78 is 11.3. The number of ether oxygens (including phenoxy) is 2. The Hall–Kier alpha value is -1.06. The van der Waals surface area contributed by atoms with Crippen LogP contribution in [0.15, 0.2) is 0 Å². The molecule has 0 spiro atoms. The minimum atomic E-state index is -0.359. The van der Waals surface area contributed by atoms with E-state index in [0.717, 1.165) is 25.2 Å². The zero-order chi connectivity index (χ0) is 18.2. The molecule has 4 saturated carbocycles. The lowest BCUT2D eigenvalue weighted by Crippen LogP contribution is -2.62. The van der Waals surface area contributed by atoms with Gasteiger partial charge in [-0.1, -0.05) is 34.1 Å². The smallest absolute Gasteiger partial charge is 0.344 e. The van der Waals surface area contributed by atoms with Crippen LogP contribution in [0.3, 0.4) is 0 Å². The molecular weight excluding hydrogens is 316 g/mol. The molecule has 4 aliphatic rings. The monoisotopic (exact) mass is 350 g/mol. The molecule has 25 heavy (non-hydrogen) atoms. The molecule has 4 aliphatic carbocycles. The van der Waals surface area contributed by atoms with Gasteiger partial charge in [0.1, 0.15) is 5.60 Å². The van der Waals surface area contributed by atoms with E-state index < -0.39 is 0 Å². The van der Waals surface area contributed by atoms with Crippen molar-refractivity contribution in [2.75, 3.05) is 6.61 Å². The minimum Gasteiger partial charge on any atom is -0.456 e. The highest BCUT2D eigenvalue weighted by atomic mass is 16.6. The summed E-state index contributed by atoms with van der Waals surface area (Å²) in [7, 11) is 0. The minimum absolute atomic E-state index is 0.168. The van der Waals surface area contributed by atoms with Crippen molar-refractivity contribution in [3.63, 3.8) is 0 Å². The lowest BCUT2D eigenvalue weighted by molar-refractivity contribution is -0.228. The van der Waals surface area contributed by atoms with Crippen molar-refractivity contribution in [3.8, 4) is 0 Å². The van der Waals surface area contributed by atoms with E-state index in [0.29, 0.717) is 17.3 Å². The average molecular weight is 350 g/mol. The molecule has 4 rings (SSSR count). The molecule has 0 radical (unpaired) electrons. The fourth-order valence-corrected chi connectivity index (χ4v) is 6.15. The Labute approximate surface area is 152 Å². The van der Waals surface area contributed by atoms with Crippen LogP contribution in [0, 0.1) is 29.1 Å². The SMILES string of the molecule is CCCC1(OC(=O)COC(=O)C(C)CC)C2CC3CC1CC(C)(C3)C2. The molecule has 4 bridgehead atoms. The largest absolute Gasteiger partial charge is 0.456 e. The molecule has 0 aromatic carbocycles. The van der Waals surface area contributed by atoms with Gasteiger partial charge in [0.05, 0.1) is 5.92 Å². The van der Waals surface area contributed by atoms with Crippen LogP contribution in [-0.4, -0.2) is 24.1 Å². The van der Waals surface area contributed by atoms with Crippen molar-refractivity contribution in [2.24, 2.45) is 29.1 Å². The molecule has 142 valence electrons. The van der Waals surface area contributed by atoms with Crippen LogP contribution < -0.4 is 0 Å². The van der Waals surface area contributed by atoms with Gasteiger partial charge in [-0.2, -0.15) is 0 Å². The van der Waals surface area contributed by atoms with Crippen LogP contribution in [-0.2, 0) is 19.1 Å². The van der Waals surface area contributed by atoms with Gasteiger partial charge in [0, 0.05) is 0 Å². The Morgan fingerprint density at radius 2 is 1.76 bits per heavy atom. The van der Waals surface area contributed by atoms with Crippen molar-refractivity contribution < 1.29 is 19.1 Å². The topological polar surface area (TPSA) is 52.6 Å². The molecule has 4 fully saturated rings. The zero-order valence-electron chi connectivity index (χ0n) is 16.3. The third-order valence-corrected chi connectivity index (χ3v) is 7.17. The molecular formula is C21H34O4. The van der Waals surface area contributed by atoms with Gasteiger partial charge in [0.15, 0.2) is 6.61 Å². The molecule has 4 heteroatoms. The van der Waals surface area contributed by atoms with E-state index in [4.69, 9.17) is 9.47 Å². The van der Waals surface area contributed by atoms with Gasteiger partial charge in [-0.3, -0.25) is 4.79 Å². The molecule has 0 aromatic rings. The van der Waals surface area contributed by atoms with Crippen LogP contribution in [0.25, 0.3) is 0 Å². The van der Waals surface area contributed by atoms with Crippen molar-refractivity contribution in [3.05, 3.63) is 0 Å². The van der Waals surface area contributed by atoms with E-state index in [1.165, 1.54) is 32.1 Å². The zero-order valence-corrected chi connectivity index (χ0v) is 16.3. The Balaban J connectivity index is 1.67. The first-order chi connectivity index (χ1) is 11.8. The highest BCUT2D eigenvalue weighted by molar-refractivity contribution is 5.77. The van der Waals surface area contributed by atoms with Gasteiger partial charge in [-0.05, 0) is 68.1 Å². The van der Waals surface area contributed by atoms with Crippen molar-refractivity contribution in [2.45, 2.75) is 84.7 Å². The van der Waals surface area contributed by atoms with Crippen LogP contribution in [0.2, 0.25) is 0 Å². The molecule has 4 nitrogen and oxygen atoms in total. The summed E-state index contributed by atoms with van der Waals surface area (Å²) in [6, 6.07) is 0. The Kier molecular flexibility index (Phi) is 5.18. The molecule has 0 heterocycles. The first-order valence-corrected chi connectivity index (χ1v) is 10.2. The third kappa shape index (κ3) is 3.46. The predicted molar refractivity (Wildman–Crippen MR) is 95.8 cm³/mol. The van der Waals surface area contributed by atoms with Gasteiger partial charge in [0.2, 0.25) is 0 Å². The molecule has 0 aliphatic heterocycles. The summed E-state index contributed by atoms with van der Waals surface area (Å²) in [6.07, 6.45) is 8.79. The van der Waals surface area contributed by atoms with Gasteiger partial charge in [0.25, 0.3) is 0 Å². The van der Waals surface area contributed by atoms with E-state index in [9.17, 15) is 9.59 Å². The predicted octanol–water partition coefficient (Wildman–Crippen LogP) is 4.50. The Morgan fingerprint density at radius 3 is 2.28 bits per heavy atom. The average Bonchev–Trinajstić information content (AvgIpc) is 2.55. The number of esters is 2. The molecule has 0 amide bonds. The summed E-state index contributed by atoms with van der Waals surface area (Å²) >= 11 is 0. The molecule has 3 unspecified atom stereocenters. The highest BCUT2D eigenvalue weighted by Gasteiger charge is 2.62. The van der Waals surface area contributed by atoms with E-state index >= 15 is 0 Å². The van der Waals surface area contributed by atoms with Crippen LogP contribution >= 0.6 is 0 Å². The van der Waals surface area contributed by atoms with Crippen molar-refractivity contribution in [1.29, 1.82) is 0 Å². The van der Waals surface area contributed by atoms with E-state index in [1.54, 1.807) is 0 Å². The molecule has 0 N–H and O–H groups in total. The van der Waals surface area contributed by atoms with Crippen molar-refractivity contribution >= 4 is 11.9 Å². The quantitative estimate of drug-likeness (QED) is 0.634. The number of carbonyl (C=O) groups excluding carboxylic acids is 2. The van der Waals surface area contributed by atoms with Crippen LogP contribution in [0.1, 0.15) is 79.1 Å². The second-order valence-electron chi connectivity index (χ2n) is 9.25. The highest BCUT2D eigenvalue weighted by Crippen LogP contribution is 2.65. The van der Waals surface area contributed by atoms with Gasteiger partial charge < -0.3 is 9.47 Å². The lowest BCUT2D eigenvalue weighted by Gasteiger charge is -2.64. The number of hydrogen-bond acceptors (Lipinski definition) is 4. The summed E-state index contributed by atoms with van der Waals surface area (Å²) in [5, 5.41) is 0. The van der Waals surface area contributed by atoms with E-state index in [-0.39, 0.29) is 30.1 Å². The maximum absolute atomic E-state index is 12.5. The summed E-state index contributed by atoms with van der Waals surface area (Å²) in [6.45, 7) is 8.12. The molecule has 0 saturated heterocycles. The summed E-state index contributed by atoms with van der Waals surface area (Å²) in [5.41, 5.74) is 0.133. The maximum atomic E-state index is 12.5.